The van der Waals surface area contributed by atoms with Crippen LogP contribution in [0.5, 0.6) is 5.75 Å². The minimum atomic E-state index is -0.0383. The molecule has 0 bridgehead atoms. The molecule has 0 aromatic heterocycles. The molecule has 0 saturated heterocycles. The Labute approximate surface area is 129 Å². The first kappa shape index (κ1) is 15.4. The lowest BCUT2D eigenvalue weighted by molar-refractivity contribution is -0.115. The van der Waals surface area contributed by atoms with Crippen LogP contribution in [0.1, 0.15) is 12.5 Å². The predicted molar refractivity (Wildman–Crippen MR) is 88.2 cm³/mol. The number of rotatable bonds is 6. The summed E-state index contributed by atoms with van der Waals surface area (Å²) in [7, 11) is 1.62. The number of methoxy groups -OCH3 is 1. The van der Waals surface area contributed by atoms with E-state index in [1.165, 1.54) is 0 Å². The molecule has 0 aliphatic rings. The molecule has 3 nitrogen and oxygen atoms in total. The smallest absolute Gasteiger partial charge is 0.228 e. The third kappa shape index (κ3) is 4.26. The maximum atomic E-state index is 12.2. The Morgan fingerprint density at radius 2 is 1.86 bits per heavy atom. The number of ether oxygens (including phenoxy) is 1. The molecule has 2 aromatic rings. The lowest BCUT2D eigenvalue weighted by Gasteiger charge is -2.11. The van der Waals surface area contributed by atoms with E-state index in [4.69, 9.17) is 4.74 Å². The minimum Gasteiger partial charge on any atom is -0.496 e. The molecule has 0 fully saturated rings. The van der Waals surface area contributed by atoms with Crippen LogP contribution in [0.25, 0.3) is 0 Å². The van der Waals surface area contributed by atoms with E-state index in [2.05, 4.69) is 12.2 Å². The fourth-order valence-corrected chi connectivity index (χ4v) is 2.83. The number of para-hydroxylation sites is 2. The molecule has 0 atom stereocenters. The van der Waals surface area contributed by atoms with Crippen molar-refractivity contribution in [2.75, 3.05) is 18.2 Å². The molecule has 0 saturated carbocycles. The van der Waals surface area contributed by atoms with Crippen molar-refractivity contribution >= 4 is 23.4 Å². The second-order valence-corrected chi connectivity index (χ2v) is 5.77. The summed E-state index contributed by atoms with van der Waals surface area (Å²) in [5.41, 5.74) is 1.75. The summed E-state index contributed by atoms with van der Waals surface area (Å²) < 4.78 is 5.27. The van der Waals surface area contributed by atoms with Crippen molar-refractivity contribution < 1.29 is 9.53 Å². The van der Waals surface area contributed by atoms with Crippen LogP contribution >= 0.6 is 11.8 Å². The number of carbonyl (C=O) groups is 1. The molecule has 0 radical (unpaired) electrons. The summed E-state index contributed by atoms with van der Waals surface area (Å²) in [4.78, 5) is 13.3. The van der Waals surface area contributed by atoms with Gasteiger partial charge in [-0.1, -0.05) is 37.3 Å². The molecule has 110 valence electrons. The predicted octanol–water partition coefficient (Wildman–Crippen LogP) is 3.99. The lowest BCUT2D eigenvalue weighted by atomic mass is 10.1. The summed E-state index contributed by atoms with van der Waals surface area (Å²) >= 11 is 1.72. The van der Waals surface area contributed by atoms with Crippen molar-refractivity contribution in [1.29, 1.82) is 0 Å². The molecule has 0 aliphatic heterocycles. The highest BCUT2D eigenvalue weighted by Gasteiger charge is 2.10. The van der Waals surface area contributed by atoms with E-state index in [1.54, 1.807) is 18.9 Å². The zero-order valence-corrected chi connectivity index (χ0v) is 13.1. The van der Waals surface area contributed by atoms with E-state index >= 15 is 0 Å². The van der Waals surface area contributed by atoms with Gasteiger partial charge in [0, 0.05) is 10.5 Å². The summed E-state index contributed by atoms with van der Waals surface area (Å²) in [5, 5.41) is 2.98. The first-order valence-corrected chi connectivity index (χ1v) is 7.86. The second-order valence-electron chi connectivity index (χ2n) is 4.47. The van der Waals surface area contributed by atoms with Gasteiger partial charge in [0.05, 0.1) is 19.2 Å². The molecule has 0 aliphatic carbocycles. The van der Waals surface area contributed by atoms with Crippen molar-refractivity contribution in [3.63, 3.8) is 0 Å². The summed E-state index contributed by atoms with van der Waals surface area (Å²) in [6, 6.07) is 15.4. The first-order chi connectivity index (χ1) is 10.2. The van der Waals surface area contributed by atoms with Crippen molar-refractivity contribution in [2.45, 2.75) is 18.2 Å². The average Bonchev–Trinajstić information content (AvgIpc) is 2.50. The van der Waals surface area contributed by atoms with E-state index in [-0.39, 0.29) is 5.91 Å². The van der Waals surface area contributed by atoms with Crippen molar-refractivity contribution in [2.24, 2.45) is 0 Å². The lowest BCUT2D eigenvalue weighted by Crippen LogP contribution is -2.15. The van der Waals surface area contributed by atoms with Gasteiger partial charge in [0.1, 0.15) is 5.75 Å². The number of hydrogen-bond acceptors (Lipinski definition) is 3. The van der Waals surface area contributed by atoms with E-state index in [0.29, 0.717) is 6.42 Å². The standard InChI is InChI=1S/C17H19NO2S/c1-3-21-16-11-7-5-9-14(16)18-17(19)12-13-8-4-6-10-15(13)20-2/h4-11H,3,12H2,1-2H3,(H,18,19). The largest absolute Gasteiger partial charge is 0.496 e. The highest BCUT2D eigenvalue weighted by atomic mass is 32.2. The molecule has 4 heteroatoms. The van der Waals surface area contributed by atoms with Gasteiger partial charge in [0.25, 0.3) is 0 Å². The highest BCUT2D eigenvalue weighted by Crippen LogP contribution is 2.27. The normalized spacial score (nSPS) is 10.2. The summed E-state index contributed by atoms with van der Waals surface area (Å²) in [5.74, 6) is 1.67. The zero-order chi connectivity index (χ0) is 15.1. The van der Waals surface area contributed by atoms with Gasteiger partial charge in [-0.25, -0.2) is 0 Å². The van der Waals surface area contributed by atoms with Gasteiger partial charge in [-0.05, 0) is 24.0 Å². The van der Waals surface area contributed by atoms with Crippen LogP contribution in [0, 0.1) is 0 Å². The van der Waals surface area contributed by atoms with Crippen LogP contribution in [0.3, 0.4) is 0 Å². The van der Waals surface area contributed by atoms with E-state index in [1.807, 2.05) is 48.5 Å². The fourth-order valence-electron chi connectivity index (χ4n) is 2.07. The van der Waals surface area contributed by atoms with E-state index in [9.17, 15) is 4.79 Å². The molecule has 1 amide bonds. The molecule has 0 unspecified atom stereocenters. The van der Waals surface area contributed by atoms with Gasteiger partial charge in [-0.3, -0.25) is 4.79 Å². The number of benzene rings is 2. The number of hydrogen-bond donors (Lipinski definition) is 1. The third-order valence-corrected chi connectivity index (χ3v) is 3.96. The third-order valence-electron chi connectivity index (χ3n) is 3.00. The molecular weight excluding hydrogens is 282 g/mol. The number of thioether (sulfide) groups is 1. The van der Waals surface area contributed by atoms with Gasteiger partial charge in [-0.15, -0.1) is 11.8 Å². The van der Waals surface area contributed by atoms with Crippen LogP contribution in [-0.4, -0.2) is 18.8 Å². The Morgan fingerprint density at radius 3 is 2.62 bits per heavy atom. The molecule has 21 heavy (non-hydrogen) atoms. The average molecular weight is 301 g/mol. The van der Waals surface area contributed by atoms with E-state index < -0.39 is 0 Å². The van der Waals surface area contributed by atoms with Gasteiger partial charge < -0.3 is 10.1 Å². The number of amides is 1. The van der Waals surface area contributed by atoms with E-state index in [0.717, 1.165) is 27.6 Å². The molecule has 2 aromatic carbocycles. The first-order valence-electron chi connectivity index (χ1n) is 6.88. The zero-order valence-electron chi connectivity index (χ0n) is 12.3. The molecule has 1 N–H and O–H groups in total. The monoisotopic (exact) mass is 301 g/mol. The Balaban J connectivity index is 2.08. The van der Waals surface area contributed by atoms with Crippen LogP contribution < -0.4 is 10.1 Å². The summed E-state index contributed by atoms with van der Waals surface area (Å²) in [6.07, 6.45) is 0.301. The van der Waals surface area contributed by atoms with Gasteiger partial charge in [-0.2, -0.15) is 0 Å². The number of nitrogens with one attached hydrogen (secondary N) is 1. The Morgan fingerprint density at radius 1 is 1.14 bits per heavy atom. The quantitative estimate of drug-likeness (QED) is 0.820. The van der Waals surface area contributed by atoms with Crippen molar-refractivity contribution in [1.82, 2.24) is 0 Å². The maximum Gasteiger partial charge on any atom is 0.228 e. The molecule has 2 rings (SSSR count). The van der Waals surface area contributed by atoms with Crippen LogP contribution in [0.2, 0.25) is 0 Å². The Hall–Kier alpha value is -1.94. The number of carbonyl (C=O) groups excluding carboxylic acids is 1. The fraction of sp³-hybridized carbons (Fsp3) is 0.235. The van der Waals surface area contributed by atoms with Crippen molar-refractivity contribution in [3.8, 4) is 5.75 Å². The van der Waals surface area contributed by atoms with Crippen molar-refractivity contribution in [3.05, 3.63) is 54.1 Å². The SMILES string of the molecule is CCSc1ccccc1NC(=O)Cc1ccccc1OC. The minimum absolute atomic E-state index is 0.0383. The number of anilines is 1. The Kier molecular flexibility index (Phi) is 5.69. The molecule has 0 spiro atoms. The topological polar surface area (TPSA) is 38.3 Å². The highest BCUT2D eigenvalue weighted by molar-refractivity contribution is 7.99. The second kappa shape index (κ2) is 7.74. The van der Waals surface area contributed by atoms with Gasteiger partial charge >= 0.3 is 0 Å². The van der Waals surface area contributed by atoms with Crippen LogP contribution in [-0.2, 0) is 11.2 Å². The summed E-state index contributed by atoms with van der Waals surface area (Å²) in [6.45, 7) is 2.10. The van der Waals surface area contributed by atoms with Crippen LogP contribution in [0.15, 0.2) is 53.4 Å². The Bertz CT molecular complexity index is 613. The molecule has 0 heterocycles. The van der Waals surface area contributed by atoms with Crippen LogP contribution in [0.4, 0.5) is 5.69 Å². The van der Waals surface area contributed by atoms with Gasteiger partial charge in [0.15, 0.2) is 0 Å². The van der Waals surface area contributed by atoms with Gasteiger partial charge in [0.2, 0.25) is 5.91 Å². The maximum absolute atomic E-state index is 12.2. The molecular formula is C17H19NO2S.